The number of para-hydroxylation sites is 1. The minimum atomic E-state index is 0.294. The molecule has 2 unspecified atom stereocenters. The van der Waals surface area contributed by atoms with Crippen molar-refractivity contribution in [2.75, 3.05) is 18.1 Å². The van der Waals surface area contributed by atoms with Gasteiger partial charge in [0.25, 0.3) is 0 Å². The molecule has 2 nitrogen and oxygen atoms in total. The normalized spacial score (nSPS) is 21.5. The van der Waals surface area contributed by atoms with Crippen LogP contribution in [0.4, 0.5) is 0 Å². The summed E-state index contributed by atoms with van der Waals surface area (Å²) in [5, 5.41) is 4.79. The molecule has 0 bridgehead atoms. The number of nitrogens with one attached hydrogen (secondary N) is 1. The van der Waals surface area contributed by atoms with Crippen LogP contribution in [-0.2, 0) is 0 Å². The lowest BCUT2D eigenvalue weighted by atomic mass is 10.1. The monoisotopic (exact) mass is 261 g/mol. The number of rotatable bonds is 4. The molecule has 3 heteroatoms. The smallest absolute Gasteiger partial charge is 0.134 e. The number of fused-ring (bicyclic) bond motifs is 1. The molecule has 96 valence electrons. The lowest BCUT2D eigenvalue weighted by Gasteiger charge is -2.14. The Kier molecular flexibility index (Phi) is 3.62. The maximum absolute atomic E-state index is 5.88. The summed E-state index contributed by atoms with van der Waals surface area (Å²) in [7, 11) is 0. The molecule has 3 rings (SSSR count). The van der Waals surface area contributed by atoms with Gasteiger partial charge in [-0.15, -0.1) is 0 Å². The van der Waals surface area contributed by atoms with Gasteiger partial charge in [-0.1, -0.05) is 18.2 Å². The van der Waals surface area contributed by atoms with E-state index < -0.39 is 0 Å². The molecule has 1 aliphatic rings. The van der Waals surface area contributed by atoms with E-state index in [1.807, 2.05) is 12.1 Å². The third kappa shape index (κ3) is 2.57. The molecule has 1 aromatic carbocycles. The Morgan fingerprint density at radius 2 is 2.33 bits per heavy atom. The molecular formula is C15H19NOS. The van der Waals surface area contributed by atoms with Crippen molar-refractivity contribution in [2.24, 2.45) is 5.92 Å². The number of thioether (sulfide) groups is 1. The lowest BCUT2D eigenvalue weighted by Crippen LogP contribution is -2.25. The van der Waals surface area contributed by atoms with Crippen molar-refractivity contribution in [3.05, 3.63) is 36.1 Å². The van der Waals surface area contributed by atoms with Crippen molar-refractivity contribution in [3.8, 4) is 0 Å². The highest BCUT2D eigenvalue weighted by molar-refractivity contribution is 7.99. The lowest BCUT2D eigenvalue weighted by molar-refractivity contribution is 0.419. The third-order valence-corrected chi connectivity index (χ3v) is 4.84. The zero-order valence-corrected chi connectivity index (χ0v) is 11.5. The van der Waals surface area contributed by atoms with Crippen LogP contribution in [0.2, 0.25) is 0 Å². The topological polar surface area (TPSA) is 25.2 Å². The first-order valence-electron chi connectivity index (χ1n) is 6.62. The van der Waals surface area contributed by atoms with E-state index in [1.54, 1.807) is 0 Å². The molecule has 2 aromatic rings. The molecule has 2 heterocycles. The molecule has 1 fully saturated rings. The minimum absolute atomic E-state index is 0.294. The number of hydrogen-bond donors (Lipinski definition) is 1. The molecule has 0 saturated carbocycles. The van der Waals surface area contributed by atoms with Crippen LogP contribution >= 0.6 is 11.8 Å². The fourth-order valence-corrected chi connectivity index (χ4v) is 3.69. The standard InChI is InChI=1S/C15H19NOS/c1-11(16-9-12-6-7-18-10-12)15-8-13-4-2-3-5-14(13)17-15/h2-5,8,11-12,16H,6-7,9-10H2,1H3. The average molecular weight is 261 g/mol. The highest BCUT2D eigenvalue weighted by Gasteiger charge is 2.17. The molecule has 1 aliphatic heterocycles. The molecule has 0 amide bonds. The Morgan fingerprint density at radius 3 is 3.11 bits per heavy atom. The average Bonchev–Trinajstić information content (AvgIpc) is 3.04. The summed E-state index contributed by atoms with van der Waals surface area (Å²) in [6.45, 7) is 3.28. The Balaban J connectivity index is 1.65. The van der Waals surface area contributed by atoms with Crippen LogP contribution in [0.5, 0.6) is 0 Å². The Morgan fingerprint density at radius 1 is 1.44 bits per heavy atom. The molecule has 1 aromatic heterocycles. The second-order valence-electron chi connectivity index (χ2n) is 5.05. The zero-order valence-electron chi connectivity index (χ0n) is 10.7. The van der Waals surface area contributed by atoms with Crippen LogP contribution < -0.4 is 5.32 Å². The summed E-state index contributed by atoms with van der Waals surface area (Å²) in [5.41, 5.74) is 0.984. The van der Waals surface area contributed by atoms with Crippen molar-refractivity contribution < 1.29 is 4.42 Å². The fraction of sp³-hybridized carbons (Fsp3) is 0.467. The summed E-state index contributed by atoms with van der Waals surface area (Å²) in [6, 6.07) is 10.6. The van der Waals surface area contributed by atoms with Gasteiger partial charge in [-0.3, -0.25) is 0 Å². The first-order valence-corrected chi connectivity index (χ1v) is 7.78. The van der Waals surface area contributed by atoms with Crippen LogP contribution in [-0.4, -0.2) is 18.1 Å². The van der Waals surface area contributed by atoms with Crippen LogP contribution in [0.15, 0.2) is 34.7 Å². The van der Waals surface area contributed by atoms with Crippen molar-refractivity contribution in [1.82, 2.24) is 5.32 Å². The van der Waals surface area contributed by atoms with Crippen molar-refractivity contribution in [1.29, 1.82) is 0 Å². The van der Waals surface area contributed by atoms with E-state index in [0.29, 0.717) is 6.04 Å². The summed E-state index contributed by atoms with van der Waals surface area (Å²) in [4.78, 5) is 0. The second-order valence-corrected chi connectivity index (χ2v) is 6.20. The van der Waals surface area contributed by atoms with E-state index in [1.165, 1.54) is 23.3 Å². The Hall–Kier alpha value is -0.930. The van der Waals surface area contributed by atoms with Gasteiger partial charge < -0.3 is 9.73 Å². The minimum Gasteiger partial charge on any atom is -0.459 e. The number of benzene rings is 1. The predicted octanol–water partition coefficient (Wildman–Crippen LogP) is 3.84. The van der Waals surface area contributed by atoms with Gasteiger partial charge in [-0.2, -0.15) is 11.8 Å². The number of hydrogen-bond acceptors (Lipinski definition) is 3. The second kappa shape index (κ2) is 5.37. The molecule has 1 saturated heterocycles. The summed E-state index contributed by atoms with van der Waals surface area (Å²) >= 11 is 2.07. The highest BCUT2D eigenvalue weighted by Crippen LogP contribution is 2.26. The Labute approximate surface area is 112 Å². The first kappa shape index (κ1) is 12.1. The third-order valence-electron chi connectivity index (χ3n) is 3.61. The largest absolute Gasteiger partial charge is 0.459 e. The van der Waals surface area contributed by atoms with Crippen LogP contribution in [0.1, 0.15) is 25.1 Å². The quantitative estimate of drug-likeness (QED) is 0.905. The molecule has 0 aliphatic carbocycles. The fourth-order valence-electron chi connectivity index (χ4n) is 2.40. The summed E-state index contributed by atoms with van der Waals surface area (Å²) in [5.74, 6) is 4.51. The van der Waals surface area contributed by atoms with E-state index in [0.717, 1.165) is 23.8 Å². The predicted molar refractivity (Wildman–Crippen MR) is 78.1 cm³/mol. The van der Waals surface area contributed by atoms with Crippen molar-refractivity contribution in [2.45, 2.75) is 19.4 Å². The van der Waals surface area contributed by atoms with Crippen molar-refractivity contribution in [3.63, 3.8) is 0 Å². The van der Waals surface area contributed by atoms with Crippen LogP contribution in [0, 0.1) is 5.92 Å². The van der Waals surface area contributed by atoms with Gasteiger partial charge in [0.05, 0.1) is 6.04 Å². The first-order chi connectivity index (χ1) is 8.83. The summed E-state index contributed by atoms with van der Waals surface area (Å²) < 4.78 is 5.88. The van der Waals surface area contributed by atoms with Gasteiger partial charge in [0, 0.05) is 5.39 Å². The van der Waals surface area contributed by atoms with E-state index in [9.17, 15) is 0 Å². The molecule has 0 radical (unpaired) electrons. The van der Waals surface area contributed by atoms with E-state index in [2.05, 4.69) is 42.2 Å². The van der Waals surface area contributed by atoms with E-state index >= 15 is 0 Å². The van der Waals surface area contributed by atoms with Gasteiger partial charge in [0.1, 0.15) is 11.3 Å². The Bertz CT molecular complexity index is 483. The molecule has 2 atom stereocenters. The molecule has 18 heavy (non-hydrogen) atoms. The SMILES string of the molecule is CC(NCC1CCSC1)c1cc2ccccc2o1. The highest BCUT2D eigenvalue weighted by atomic mass is 32.2. The van der Waals surface area contributed by atoms with Crippen LogP contribution in [0.25, 0.3) is 11.0 Å². The number of furan rings is 1. The van der Waals surface area contributed by atoms with Crippen molar-refractivity contribution >= 4 is 22.7 Å². The molecule has 1 N–H and O–H groups in total. The van der Waals surface area contributed by atoms with E-state index in [-0.39, 0.29) is 0 Å². The van der Waals surface area contributed by atoms with Gasteiger partial charge in [-0.05, 0) is 49.4 Å². The van der Waals surface area contributed by atoms with Gasteiger partial charge in [-0.25, -0.2) is 0 Å². The summed E-state index contributed by atoms with van der Waals surface area (Å²) in [6.07, 6.45) is 1.35. The van der Waals surface area contributed by atoms with Gasteiger partial charge in [0.15, 0.2) is 0 Å². The van der Waals surface area contributed by atoms with E-state index in [4.69, 9.17) is 4.42 Å². The van der Waals surface area contributed by atoms with Gasteiger partial charge in [0.2, 0.25) is 0 Å². The maximum Gasteiger partial charge on any atom is 0.134 e. The van der Waals surface area contributed by atoms with Crippen LogP contribution in [0.3, 0.4) is 0 Å². The molecule has 0 spiro atoms. The van der Waals surface area contributed by atoms with Gasteiger partial charge >= 0.3 is 0 Å². The molecular weight excluding hydrogens is 242 g/mol. The zero-order chi connectivity index (χ0) is 12.4. The maximum atomic E-state index is 5.88.